The Balaban J connectivity index is 0.00000242. The summed E-state index contributed by atoms with van der Waals surface area (Å²) in [4.78, 5) is 1.26. The fraction of sp³-hybridized carbons (Fsp3) is 0. The van der Waals surface area contributed by atoms with Crippen LogP contribution in [0.15, 0.2) is 91.6 Å². The quantitative estimate of drug-likeness (QED) is 0.118. The first-order valence-electron chi connectivity index (χ1n) is 10.8. The average molecular weight is 635 g/mol. The van der Waals surface area contributed by atoms with Gasteiger partial charge in [0.1, 0.15) is 15.5 Å². The molecular weight excluding hydrogens is 618 g/mol. The smallest absolute Gasteiger partial charge is 0.295 e. The minimum absolute atomic E-state index is 0. The molecule has 1 aromatic heterocycles. The molecule has 0 unspecified atom stereocenters. The molecule has 13 nitrogen and oxygen atoms in total. The minimum atomic E-state index is -5.16. The maximum Gasteiger partial charge on any atom is 0.295 e. The van der Waals surface area contributed by atoms with Crippen molar-refractivity contribution in [2.75, 3.05) is 5.73 Å². The van der Waals surface area contributed by atoms with E-state index in [9.17, 15) is 38.9 Å². The summed E-state index contributed by atoms with van der Waals surface area (Å²) in [5.41, 5.74) is 6.63. The van der Waals surface area contributed by atoms with Gasteiger partial charge < -0.3 is 5.73 Å². The van der Waals surface area contributed by atoms with Gasteiger partial charge in [-0.05, 0) is 41.1 Å². The number of nitrogen functional groups attached to an aromatic ring is 1. The van der Waals surface area contributed by atoms with E-state index in [4.69, 9.17) is 5.73 Å². The minimum Gasteiger partial charge on any atom is -0.375 e. The van der Waals surface area contributed by atoms with Crippen LogP contribution in [0.2, 0.25) is 0 Å². The number of nitrogens with two attached hydrogens (primary N) is 1. The van der Waals surface area contributed by atoms with Crippen molar-refractivity contribution in [3.63, 3.8) is 0 Å². The molecule has 0 atom stereocenters. The van der Waals surface area contributed by atoms with E-state index in [0.29, 0.717) is 23.4 Å². The van der Waals surface area contributed by atoms with E-state index in [0.717, 1.165) is 34.2 Å². The van der Waals surface area contributed by atoms with Gasteiger partial charge in [-0.3, -0.25) is 13.7 Å². The third-order valence-corrected chi connectivity index (χ3v) is 9.10. The first-order chi connectivity index (χ1) is 18.6. The normalized spacial score (nSPS) is 12.4. The van der Waals surface area contributed by atoms with Gasteiger partial charge in [-0.2, -0.15) is 25.3 Å². The maximum absolute atomic E-state index is 12.2. The van der Waals surface area contributed by atoms with Crippen molar-refractivity contribution in [2.45, 2.75) is 14.7 Å². The molecule has 2 radical (unpaired) electrons. The molecule has 0 aliphatic heterocycles. The van der Waals surface area contributed by atoms with Crippen LogP contribution in [0.3, 0.4) is 0 Å². The number of fused-ring (bicyclic) bond motifs is 2. The number of hydrogen-bond donors (Lipinski definition) is 4. The van der Waals surface area contributed by atoms with Crippen LogP contribution in [0.1, 0.15) is 0 Å². The molecule has 0 spiro atoms. The van der Waals surface area contributed by atoms with E-state index in [-0.39, 0.29) is 53.5 Å². The standard InChI is InChI=1S/C23H16N4O9S4.2Li/c24-23-25-21(14-6-5-12-3-1-2-4-13(12)7-14)22(37-23)27-26-15-8-17-18(19(9-15)39(31,32)33)10-16(38(28,29)30)11-20(17)40(34,35)36;;/h1-11H,(H2,24,25)(H,28,29,30)(H,31,32,33)(H,34,35,36);;. The number of aromatic nitrogens is 1. The van der Waals surface area contributed by atoms with Crippen LogP contribution >= 0.6 is 11.3 Å². The molecule has 1 heterocycles. The number of thiazole rings is 1. The Morgan fingerprint density at radius 3 is 1.90 bits per heavy atom. The van der Waals surface area contributed by atoms with Crippen LogP contribution in [-0.4, -0.2) is 81.6 Å². The summed E-state index contributed by atoms with van der Waals surface area (Å²) in [6.45, 7) is 0. The summed E-state index contributed by atoms with van der Waals surface area (Å²) in [6.07, 6.45) is 0. The molecule has 5 N–H and O–H groups in total. The fourth-order valence-electron chi connectivity index (χ4n) is 4.01. The van der Waals surface area contributed by atoms with Gasteiger partial charge in [0.25, 0.3) is 30.4 Å². The second-order valence-corrected chi connectivity index (χ2v) is 13.6. The van der Waals surface area contributed by atoms with E-state index in [1.54, 1.807) is 6.07 Å². The van der Waals surface area contributed by atoms with Crippen molar-refractivity contribution >= 4 is 117 Å². The summed E-state index contributed by atoms with van der Waals surface area (Å²) in [6, 6.07) is 16.0. The van der Waals surface area contributed by atoms with Crippen LogP contribution in [-0.2, 0) is 30.4 Å². The monoisotopic (exact) mass is 634 g/mol. The molecule has 0 saturated carbocycles. The Morgan fingerprint density at radius 1 is 0.690 bits per heavy atom. The number of hydrogen-bond acceptors (Lipinski definition) is 11. The predicted octanol–water partition coefficient (Wildman–Crippen LogP) is 4.09. The Hall–Kier alpha value is -2.65. The van der Waals surface area contributed by atoms with Gasteiger partial charge in [0.2, 0.25) is 0 Å². The largest absolute Gasteiger partial charge is 0.375 e. The van der Waals surface area contributed by atoms with E-state index < -0.39 is 55.8 Å². The topological polar surface area (TPSA) is 227 Å². The van der Waals surface area contributed by atoms with Crippen molar-refractivity contribution in [1.82, 2.24) is 4.98 Å². The van der Waals surface area contributed by atoms with Gasteiger partial charge in [0.15, 0.2) is 10.1 Å². The zero-order valence-electron chi connectivity index (χ0n) is 21.7. The second kappa shape index (κ2) is 12.2. The molecule has 42 heavy (non-hydrogen) atoms. The van der Waals surface area contributed by atoms with Gasteiger partial charge in [-0.25, -0.2) is 4.98 Å². The van der Waals surface area contributed by atoms with Gasteiger partial charge in [0, 0.05) is 54.1 Å². The van der Waals surface area contributed by atoms with Gasteiger partial charge in [0.05, 0.1) is 10.6 Å². The summed E-state index contributed by atoms with van der Waals surface area (Å²) in [7, 11) is -15.3. The van der Waals surface area contributed by atoms with Crippen LogP contribution in [0.25, 0.3) is 32.8 Å². The zero-order valence-corrected chi connectivity index (χ0v) is 25.0. The van der Waals surface area contributed by atoms with Crippen LogP contribution in [0, 0.1) is 0 Å². The van der Waals surface area contributed by atoms with E-state index in [2.05, 4.69) is 15.2 Å². The maximum atomic E-state index is 12.2. The van der Waals surface area contributed by atoms with Crippen LogP contribution in [0.5, 0.6) is 0 Å². The average Bonchev–Trinajstić information content (AvgIpc) is 3.24. The number of benzene rings is 4. The molecule has 0 bridgehead atoms. The summed E-state index contributed by atoms with van der Waals surface area (Å²) in [5.74, 6) is 0. The number of rotatable bonds is 6. The van der Waals surface area contributed by atoms with Crippen LogP contribution < -0.4 is 5.73 Å². The zero-order chi connectivity index (χ0) is 29.0. The Bertz CT molecular complexity index is 2220. The molecule has 5 rings (SSSR count). The predicted molar refractivity (Wildman–Crippen MR) is 159 cm³/mol. The fourth-order valence-corrected chi connectivity index (χ4v) is 6.74. The first-order valence-corrected chi connectivity index (χ1v) is 16.0. The number of anilines is 1. The molecule has 0 fully saturated rings. The van der Waals surface area contributed by atoms with Crippen molar-refractivity contribution < 1.29 is 38.9 Å². The molecular formula is C23H16Li2N4O9S4. The Labute approximate surface area is 267 Å². The van der Waals surface area contributed by atoms with Gasteiger partial charge in [-0.1, -0.05) is 47.7 Å². The van der Waals surface area contributed by atoms with Crippen LogP contribution in [0.4, 0.5) is 15.8 Å². The van der Waals surface area contributed by atoms with E-state index in [1.165, 1.54) is 0 Å². The molecule has 0 aliphatic carbocycles. The summed E-state index contributed by atoms with van der Waals surface area (Å²) in [5, 5.41) is 9.23. The third-order valence-electron chi connectivity index (χ3n) is 5.71. The second-order valence-electron chi connectivity index (χ2n) is 8.35. The molecule has 0 amide bonds. The molecule has 5 aromatic rings. The third kappa shape index (κ3) is 6.94. The summed E-state index contributed by atoms with van der Waals surface area (Å²) < 4.78 is 101. The molecule has 19 heteroatoms. The number of nitrogens with zero attached hydrogens (tertiary/aromatic N) is 3. The first kappa shape index (κ1) is 33.9. The van der Waals surface area contributed by atoms with E-state index >= 15 is 0 Å². The Kier molecular flexibility index (Phi) is 9.80. The van der Waals surface area contributed by atoms with Gasteiger partial charge in [-0.15, -0.1) is 10.2 Å². The van der Waals surface area contributed by atoms with Crippen molar-refractivity contribution in [1.29, 1.82) is 0 Å². The van der Waals surface area contributed by atoms with Crippen molar-refractivity contribution in [3.05, 3.63) is 66.7 Å². The Morgan fingerprint density at radius 2 is 1.29 bits per heavy atom. The summed E-state index contributed by atoms with van der Waals surface area (Å²) >= 11 is 0.968. The molecule has 4 aromatic carbocycles. The SMILES string of the molecule is Nc1nc(-c2ccc3ccccc3c2)c(N=Nc2cc(S(=O)(=O)O)c3cc(S(=O)(=O)O)cc(S(=O)(=O)O)c3c2)s1.[Li].[Li]. The molecule has 0 saturated heterocycles. The van der Waals surface area contributed by atoms with E-state index in [1.807, 2.05) is 36.4 Å². The van der Waals surface area contributed by atoms with Gasteiger partial charge >= 0.3 is 0 Å². The molecule has 208 valence electrons. The van der Waals surface area contributed by atoms with Crippen molar-refractivity contribution in [3.8, 4) is 11.3 Å². The number of azo groups is 1. The molecule has 0 aliphatic rings. The van der Waals surface area contributed by atoms with Crippen molar-refractivity contribution in [2.24, 2.45) is 10.2 Å².